The zero-order valence-electron chi connectivity index (χ0n) is 17.6. The van der Waals surface area contributed by atoms with Gasteiger partial charge in [0, 0.05) is 37.3 Å². The van der Waals surface area contributed by atoms with Crippen LogP contribution in [0.1, 0.15) is 64.2 Å². The van der Waals surface area contributed by atoms with Gasteiger partial charge in [-0.05, 0) is 94.2 Å². The number of hydrogen-bond acceptors (Lipinski definition) is 3. The number of carbonyl (C=O) groups excluding carboxylic acids is 1. The van der Waals surface area contributed by atoms with Gasteiger partial charge in [-0.1, -0.05) is 0 Å². The third-order valence-electron chi connectivity index (χ3n) is 8.30. The summed E-state index contributed by atoms with van der Waals surface area (Å²) in [7, 11) is 1.71. The average Bonchev–Trinajstić information content (AvgIpc) is 2.91. The number of carbonyl (C=O) groups is 1. The molecule has 1 unspecified atom stereocenters. The Morgan fingerprint density at radius 3 is 2.17 bits per heavy atom. The van der Waals surface area contributed by atoms with E-state index in [2.05, 4.69) is 20.9 Å². The number of amides is 2. The third kappa shape index (κ3) is 3.97. The summed E-state index contributed by atoms with van der Waals surface area (Å²) in [6.45, 7) is 1.42. The first kappa shape index (κ1) is 19.9. The van der Waals surface area contributed by atoms with Crippen LogP contribution < -0.4 is 16.0 Å². The van der Waals surface area contributed by atoms with E-state index in [4.69, 9.17) is 17.0 Å². The number of methoxy groups -OCH3 is 1. The smallest absolute Gasteiger partial charge is 0.315 e. The maximum absolute atomic E-state index is 12.9. The van der Waals surface area contributed by atoms with Crippen LogP contribution in [-0.4, -0.2) is 60.0 Å². The third-order valence-corrected chi connectivity index (χ3v) is 8.66. The van der Waals surface area contributed by atoms with E-state index in [1.807, 2.05) is 0 Å². The molecule has 6 nitrogen and oxygen atoms in total. The Balaban J connectivity index is 1.14. The maximum Gasteiger partial charge on any atom is 0.315 e. The van der Waals surface area contributed by atoms with Crippen molar-refractivity contribution < 1.29 is 9.53 Å². The fourth-order valence-corrected chi connectivity index (χ4v) is 8.10. The van der Waals surface area contributed by atoms with Gasteiger partial charge in [0.25, 0.3) is 0 Å². The molecular formula is C22H36N4O2S. The molecule has 2 heterocycles. The number of urea groups is 1. The summed E-state index contributed by atoms with van der Waals surface area (Å²) >= 11 is 5.64. The molecule has 0 aromatic rings. The van der Waals surface area contributed by atoms with Crippen molar-refractivity contribution >= 4 is 23.4 Å². The van der Waals surface area contributed by atoms with Crippen LogP contribution in [0.4, 0.5) is 4.79 Å². The molecule has 4 saturated carbocycles. The van der Waals surface area contributed by atoms with Gasteiger partial charge in [0.1, 0.15) is 0 Å². The maximum atomic E-state index is 12.9. The molecule has 0 aromatic carbocycles. The first-order chi connectivity index (χ1) is 14.0. The topological polar surface area (TPSA) is 65.6 Å². The molecule has 6 fully saturated rings. The van der Waals surface area contributed by atoms with Crippen LogP contribution >= 0.6 is 12.2 Å². The van der Waals surface area contributed by atoms with E-state index in [1.54, 1.807) is 7.11 Å². The quantitative estimate of drug-likeness (QED) is 0.471. The molecule has 162 valence electrons. The minimum absolute atomic E-state index is 0.0746. The fraction of sp³-hybridized carbons (Fsp3) is 0.909. The Morgan fingerprint density at radius 2 is 1.62 bits per heavy atom. The van der Waals surface area contributed by atoms with Crippen LogP contribution in [-0.2, 0) is 4.74 Å². The molecule has 6 rings (SSSR count). The van der Waals surface area contributed by atoms with Gasteiger partial charge in [-0.2, -0.15) is 0 Å². The molecule has 0 aromatic heterocycles. The fourth-order valence-electron chi connectivity index (χ4n) is 7.70. The predicted molar refractivity (Wildman–Crippen MR) is 117 cm³/mol. The lowest BCUT2D eigenvalue weighted by Crippen LogP contribution is -2.63. The van der Waals surface area contributed by atoms with Gasteiger partial charge in [0.2, 0.25) is 0 Å². The van der Waals surface area contributed by atoms with Gasteiger partial charge in [-0.3, -0.25) is 0 Å². The van der Waals surface area contributed by atoms with Crippen LogP contribution in [0.3, 0.4) is 0 Å². The summed E-state index contributed by atoms with van der Waals surface area (Å²) in [5, 5.41) is 11.0. The van der Waals surface area contributed by atoms with E-state index < -0.39 is 0 Å². The highest BCUT2D eigenvalue weighted by Crippen LogP contribution is 2.55. The average molecular weight is 421 g/mol. The van der Waals surface area contributed by atoms with E-state index in [1.165, 1.54) is 51.4 Å². The van der Waals surface area contributed by atoms with Gasteiger partial charge < -0.3 is 25.6 Å². The lowest BCUT2D eigenvalue weighted by Gasteiger charge is -2.56. The zero-order chi connectivity index (χ0) is 20.0. The minimum atomic E-state index is 0.0746. The van der Waals surface area contributed by atoms with Crippen LogP contribution in [0.2, 0.25) is 0 Å². The van der Waals surface area contributed by atoms with E-state index >= 15 is 0 Å². The normalized spacial score (nSPS) is 42.0. The van der Waals surface area contributed by atoms with Gasteiger partial charge in [0.05, 0.1) is 6.61 Å². The van der Waals surface area contributed by atoms with Crippen LogP contribution in [0.5, 0.6) is 0 Å². The number of fused-ring (bicyclic) bond motifs is 2. The summed E-state index contributed by atoms with van der Waals surface area (Å²) in [5.41, 5.74) is 0.0886. The number of hydrogen-bond donors (Lipinski definition) is 3. The van der Waals surface area contributed by atoms with Crippen molar-refractivity contribution in [2.24, 2.45) is 17.8 Å². The summed E-state index contributed by atoms with van der Waals surface area (Å²) in [5.74, 6) is 2.56. The Kier molecular flexibility index (Phi) is 5.39. The standard InChI is InChI=1S/C22H36N4O2S/c1-28-5-4-23-21(29)26-18-2-3-19(26)10-17(9-18)24-20(27)25-22-11-14-6-15(12-22)8-16(7-14)13-22/h14-19H,2-13H2,1H3,(H,23,29)(H2,24,25,27)/t14?,15?,16?,17?,18-,19+,22?. The van der Waals surface area contributed by atoms with Crippen LogP contribution in [0, 0.1) is 17.8 Å². The summed E-state index contributed by atoms with van der Waals surface area (Å²) < 4.78 is 5.11. The molecular weight excluding hydrogens is 384 g/mol. The van der Waals surface area contributed by atoms with E-state index in [0.717, 1.165) is 42.3 Å². The highest BCUT2D eigenvalue weighted by molar-refractivity contribution is 7.80. The zero-order valence-corrected chi connectivity index (χ0v) is 18.4. The Hall–Kier alpha value is -1.08. The second-order valence-electron chi connectivity index (χ2n) is 10.5. The minimum Gasteiger partial charge on any atom is -0.383 e. The van der Waals surface area contributed by atoms with Crippen LogP contribution in [0.15, 0.2) is 0 Å². The largest absolute Gasteiger partial charge is 0.383 e. The van der Waals surface area contributed by atoms with Gasteiger partial charge in [0.15, 0.2) is 5.11 Å². The molecule has 6 aliphatic rings. The molecule has 29 heavy (non-hydrogen) atoms. The number of thiocarbonyl (C=S) groups is 1. The summed E-state index contributed by atoms with van der Waals surface area (Å²) in [6.07, 6.45) is 12.2. The van der Waals surface area contributed by atoms with Crippen molar-refractivity contribution in [3.63, 3.8) is 0 Å². The van der Waals surface area contributed by atoms with Crippen LogP contribution in [0.25, 0.3) is 0 Å². The van der Waals surface area contributed by atoms with E-state index in [0.29, 0.717) is 18.7 Å². The highest BCUT2D eigenvalue weighted by Gasteiger charge is 2.52. The van der Waals surface area contributed by atoms with Gasteiger partial charge in [-0.15, -0.1) is 0 Å². The first-order valence-electron chi connectivity index (χ1n) is 11.7. The number of rotatable bonds is 5. The van der Waals surface area contributed by atoms with Gasteiger partial charge >= 0.3 is 6.03 Å². The molecule has 2 amide bonds. The number of piperidine rings is 1. The molecule has 0 radical (unpaired) electrons. The molecule has 4 aliphatic carbocycles. The lowest BCUT2D eigenvalue weighted by molar-refractivity contribution is -0.0138. The molecule has 2 aliphatic heterocycles. The highest BCUT2D eigenvalue weighted by atomic mass is 32.1. The molecule has 0 spiro atoms. The molecule has 6 bridgehead atoms. The molecule has 3 atom stereocenters. The van der Waals surface area contributed by atoms with Crippen molar-refractivity contribution in [3.05, 3.63) is 0 Å². The molecule has 2 saturated heterocycles. The number of nitrogens with one attached hydrogen (secondary N) is 3. The van der Waals surface area contributed by atoms with E-state index in [9.17, 15) is 4.79 Å². The Labute approximate surface area is 179 Å². The number of ether oxygens (including phenoxy) is 1. The SMILES string of the molecule is COCCNC(=S)N1[C@@H]2CC[C@H]1CC(NC(=O)NC13CC4CC(CC(C4)C1)C3)C2. The van der Waals surface area contributed by atoms with Crippen molar-refractivity contribution in [1.82, 2.24) is 20.9 Å². The summed E-state index contributed by atoms with van der Waals surface area (Å²) in [6, 6.07) is 1.23. The van der Waals surface area contributed by atoms with Crippen molar-refractivity contribution in [2.75, 3.05) is 20.3 Å². The Morgan fingerprint density at radius 1 is 1.03 bits per heavy atom. The molecule has 7 heteroatoms. The predicted octanol–water partition coefficient (Wildman–Crippen LogP) is 2.77. The van der Waals surface area contributed by atoms with Crippen molar-refractivity contribution in [2.45, 2.75) is 87.9 Å². The van der Waals surface area contributed by atoms with E-state index in [-0.39, 0.29) is 17.6 Å². The van der Waals surface area contributed by atoms with Gasteiger partial charge in [-0.25, -0.2) is 4.79 Å². The second-order valence-corrected chi connectivity index (χ2v) is 10.9. The number of nitrogens with zero attached hydrogens (tertiary/aromatic N) is 1. The summed E-state index contributed by atoms with van der Waals surface area (Å²) in [4.78, 5) is 15.3. The lowest BCUT2D eigenvalue weighted by atomic mass is 9.53. The van der Waals surface area contributed by atoms with Crippen molar-refractivity contribution in [3.8, 4) is 0 Å². The first-order valence-corrected chi connectivity index (χ1v) is 12.1. The monoisotopic (exact) mass is 420 g/mol. The second kappa shape index (κ2) is 7.88. The Bertz CT molecular complexity index is 607. The molecule has 3 N–H and O–H groups in total. The van der Waals surface area contributed by atoms with Crippen molar-refractivity contribution in [1.29, 1.82) is 0 Å².